The fourth-order valence-corrected chi connectivity index (χ4v) is 5.12. The Morgan fingerprint density at radius 2 is 1.66 bits per heavy atom. The van der Waals surface area contributed by atoms with E-state index in [0.717, 1.165) is 77.3 Å². The Labute approximate surface area is 200 Å². The zero-order valence-electron chi connectivity index (χ0n) is 19.8. The van der Waals surface area contributed by atoms with Gasteiger partial charge >= 0.3 is 5.97 Å². The molecule has 178 valence electrons. The van der Waals surface area contributed by atoms with Crippen LogP contribution in [-0.2, 0) is 15.1 Å². The molecule has 1 aromatic carbocycles. The molecular weight excluding hydrogens is 422 g/mol. The summed E-state index contributed by atoms with van der Waals surface area (Å²) in [6.45, 7) is 6.84. The second-order valence-corrected chi connectivity index (χ2v) is 9.17. The van der Waals surface area contributed by atoms with E-state index in [0.29, 0.717) is 12.1 Å². The molecule has 0 amide bonds. The van der Waals surface area contributed by atoms with Gasteiger partial charge in [-0.15, -0.1) is 12.4 Å². The van der Waals surface area contributed by atoms with Gasteiger partial charge in [0.15, 0.2) is 11.2 Å². The van der Waals surface area contributed by atoms with Crippen LogP contribution < -0.4 is 0 Å². The minimum absolute atomic E-state index is 0. The molecule has 2 fully saturated rings. The van der Waals surface area contributed by atoms with Crippen LogP contribution in [-0.4, -0.2) is 41.2 Å². The molecule has 3 rings (SSSR count). The predicted octanol–water partition coefficient (Wildman–Crippen LogP) is 5.47. The first-order chi connectivity index (χ1) is 15.0. The molecular formula is C27H40ClNO3. The van der Waals surface area contributed by atoms with E-state index >= 15 is 0 Å². The Morgan fingerprint density at radius 1 is 1.06 bits per heavy atom. The van der Waals surface area contributed by atoms with E-state index in [4.69, 9.17) is 4.74 Å². The van der Waals surface area contributed by atoms with Crippen molar-refractivity contribution in [1.82, 2.24) is 4.90 Å². The van der Waals surface area contributed by atoms with Crippen LogP contribution in [0.1, 0.15) is 83.6 Å². The summed E-state index contributed by atoms with van der Waals surface area (Å²) in [6, 6.07) is 9.40. The van der Waals surface area contributed by atoms with Crippen LogP contribution in [0.2, 0.25) is 0 Å². The van der Waals surface area contributed by atoms with Gasteiger partial charge in [-0.25, -0.2) is 4.79 Å². The lowest BCUT2D eigenvalue weighted by Crippen LogP contribution is -2.49. The molecule has 1 atom stereocenters. The molecule has 0 saturated heterocycles. The van der Waals surface area contributed by atoms with Crippen LogP contribution in [0.15, 0.2) is 30.3 Å². The number of nitrogens with zero attached hydrogens (tertiary/aromatic N) is 1. The minimum atomic E-state index is -1.60. The molecule has 2 saturated carbocycles. The second-order valence-electron chi connectivity index (χ2n) is 9.17. The van der Waals surface area contributed by atoms with E-state index in [9.17, 15) is 9.90 Å². The Morgan fingerprint density at radius 3 is 2.25 bits per heavy atom. The van der Waals surface area contributed by atoms with E-state index in [2.05, 4.69) is 30.6 Å². The molecule has 2 aliphatic carbocycles. The SMILES string of the molecule is CCN(CC)CC#CC1(OC(=O)C(O)(c2ccccc2)C2CCCCC2)CCCCC1.Cl. The predicted molar refractivity (Wildman–Crippen MR) is 132 cm³/mol. The van der Waals surface area contributed by atoms with Crippen LogP contribution in [0.3, 0.4) is 0 Å². The highest BCUT2D eigenvalue weighted by molar-refractivity contribution is 5.85. The number of aliphatic hydroxyl groups is 1. The molecule has 0 aliphatic heterocycles. The van der Waals surface area contributed by atoms with Crippen molar-refractivity contribution in [2.24, 2.45) is 5.92 Å². The van der Waals surface area contributed by atoms with Crippen LogP contribution in [0.25, 0.3) is 0 Å². The van der Waals surface area contributed by atoms with E-state index in [-0.39, 0.29) is 18.3 Å². The maximum atomic E-state index is 13.7. The zero-order valence-corrected chi connectivity index (χ0v) is 20.6. The van der Waals surface area contributed by atoms with Crippen molar-refractivity contribution in [2.45, 2.75) is 89.3 Å². The number of hydrogen-bond acceptors (Lipinski definition) is 4. The minimum Gasteiger partial charge on any atom is -0.443 e. The molecule has 0 spiro atoms. The number of esters is 1. The molecule has 4 nitrogen and oxygen atoms in total. The normalized spacial score (nSPS) is 20.4. The van der Waals surface area contributed by atoms with Crippen molar-refractivity contribution in [1.29, 1.82) is 0 Å². The third-order valence-corrected chi connectivity index (χ3v) is 7.18. The fourth-order valence-electron chi connectivity index (χ4n) is 5.12. The summed E-state index contributed by atoms with van der Waals surface area (Å²) in [5.74, 6) is 6.02. The lowest BCUT2D eigenvalue weighted by atomic mass is 9.73. The number of hydrogen-bond donors (Lipinski definition) is 1. The van der Waals surface area contributed by atoms with E-state index < -0.39 is 17.2 Å². The number of halogens is 1. The number of carbonyl (C=O) groups excluding carboxylic acids is 1. The van der Waals surface area contributed by atoms with Crippen molar-refractivity contribution in [3.05, 3.63) is 35.9 Å². The number of carbonyl (C=O) groups is 1. The standard InChI is InChI=1S/C27H39NO3.ClH/c1-3-28(4-2)22-14-21-26(19-12-7-13-20-26)31-25(29)27(30,23-15-8-5-9-16-23)24-17-10-6-11-18-24;/h5,8-9,15-16,24,30H,3-4,6-7,10-13,17-20,22H2,1-2H3;1H. The Hall–Kier alpha value is -1.54. The van der Waals surface area contributed by atoms with Gasteiger partial charge in [0.2, 0.25) is 0 Å². The maximum Gasteiger partial charge on any atom is 0.344 e. The maximum absolute atomic E-state index is 13.7. The summed E-state index contributed by atoms with van der Waals surface area (Å²) in [7, 11) is 0. The van der Waals surface area contributed by atoms with Gasteiger partial charge < -0.3 is 9.84 Å². The van der Waals surface area contributed by atoms with Gasteiger partial charge in [0.25, 0.3) is 0 Å². The first-order valence-electron chi connectivity index (χ1n) is 12.3. The Kier molecular flexibility index (Phi) is 10.5. The van der Waals surface area contributed by atoms with Gasteiger partial charge in [-0.1, -0.05) is 81.7 Å². The smallest absolute Gasteiger partial charge is 0.344 e. The average Bonchev–Trinajstić information content (AvgIpc) is 2.83. The largest absolute Gasteiger partial charge is 0.443 e. The molecule has 0 bridgehead atoms. The summed E-state index contributed by atoms with van der Waals surface area (Å²) in [6.07, 6.45) is 9.59. The van der Waals surface area contributed by atoms with Crippen LogP contribution in [0.4, 0.5) is 0 Å². The fraction of sp³-hybridized carbons (Fsp3) is 0.667. The number of benzene rings is 1. The molecule has 0 aromatic heterocycles. The first-order valence-corrected chi connectivity index (χ1v) is 12.3. The quantitative estimate of drug-likeness (QED) is 0.432. The molecule has 2 aliphatic rings. The van der Waals surface area contributed by atoms with Crippen LogP contribution in [0.5, 0.6) is 0 Å². The first kappa shape index (κ1) is 26.7. The van der Waals surface area contributed by atoms with Gasteiger partial charge in [-0.05, 0) is 57.2 Å². The van der Waals surface area contributed by atoms with E-state index in [1.807, 2.05) is 30.3 Å². The van der Waals surface area contributed by atoms with Gasteiger partial charge in [-0.3, -0.25) is 4.90 Å². The summed E-state index contributed by atoms with van der Waals surface area (Å²) in [4.78, 5) is 16.0. The Bertz CT molecular complexity index is 756. The second kappa shape index (κ2) is 12.6. The number of rotatable bonds is 7. The highest BCUT2D eigenvalue weighted by Crippen LogP contribution is 2.42. The zero-order chi connectivity index (χ0) is 22.2. The third kappa shape index (κ3) is 6.28. The topological polar surface area (TPSA) is 49.8 Å². The molecule has 32 heavy (non-hydrogen) atoms. The van der Waals surface area contributed by atoms with Gasteiger partial charge in [0.05, 0.1) is 6.54 Å². The van der Waals surface area contributed by atoms with E-state index in [1.165, 1.54) is 0 Å². The van der Waals surface area contributed by atoms with Crippen molar-refractivity contribution >= 4 is 18.4 Å². The lowest BCUT2D eigenvalue weighted by Gasteiger charge is -2.40. The van der Waals surface area contributed by atoms with Crippen molar-refractivity contribution in [2.75, 3.05) is 19.6 Å². The van der Waals surface area contributed by atoms with Crippen molar-refractivity contribution in [3.63, 3.8) is 0 Å². The molecule has 0 heterocycles. The van der Waals surface area contributed by atoms with Crippen molar-refractivity contribution < 1.29 is 14.6 Å². The highest BCUT2D eigenvalue weighted by atomic mass is 35.5. The van der Waals surface area contributed by atoms with Gasteiger partial charge in [-0.2, -0.15) is 0 Å². The van der Waals surface area contributed by atoms with Gasteiger partial charge in [0.1, 0.15) is 0 Å². The monoisotopic (exact) mass is 461 g/mol. The summed E-state index contributed by atoms with van der Waals surface area (Å²) in [5.41, 5.74) is -1.74. The molecule has 1 N–H and O–H groups in total. The summed E-state index contributed by atoms with van der Waals surface area (Å²) >= 11 is 0. The van der Waals surface area contributed by atoms with Crippen LogP contribution >= 0.6 is 12.4 Å². The number of ether oxygens (including phenoxy) is 1. The molecule has 5 heteroatoms. The summed E-state index contributed by atoms with van der Waals surface area (Å²) < 4.78 is 6.22. The lowest BCUT2D eigenvalue weighted by molar-refractivity contribution is -0.188. The van der Waals surface area contributed by atoms with Crippen molar-refractivity contribution in [3.8, 4) is 11.8 Å². The summed E-state index contributed by atoms with van der Waals surface area (Å²) in [5, 5.41) is 11.9. The molecule has 1 aromatic rings. The Balaban J connectivity index is 0.00000363. The molecule has 1 unspecified atom stereocenters. The molecule has 0 radical (unpaired) electrons. The highest BCUT2D eigenvalue weighted by Gasteiger charge is 2.50. The average molecular weight is 462 g/mol. The third-order valence-electron chi connectivity index (χ3n) is 7.18. The van der Waals surface area contributed by atoms with E-state index in [1.54, 1.807) is 0 Å². The van der Waals surface area contributed by atoms with Gasteiger partial charge in [0, 0.05) is 5.92 Å². The van der Waals surface area contributed by atoms with Crippen LogP contribution in [0, 0.1) is 17.8 Å².